The van der Waals surface area contributed by atoms with Gasteiger partial charge in [-0.1, -0.05) is 27.7 Å². The Balaban J connectivity index is 4.53. The molecule has 110 valence electrons. The molecule has 0 bridgehead atoms. The van der Waals surface area contributed by atoms with Crippen molar-refractivity contribution < 1.29 is 0 Å². The summed E-state index contributed by atoms with van der Waals surface area (Å²) >= 11 is 1.96. The van der Waals surface area contributed by atoms with Crippen molar-refractivity contribution in [1.29, 1.82) is 0 Å². The molecule has 0 aliphatic rings. The Kier molecular flexibility index (Phi) is 10.3. The summed E-state index contributed by atoms with van der Waals surface area (Å²) in [5, 5.41) is 3.55. The maximum absolute atomic E-state index is 3.55. The number of nitrogens with one attached hydrogen (secondary N) is 1. The van der Waals surface area contributed by atoms with Crippen molar-refractivity contribution in [1.82, 2.24) is 10.2 Å². The minimum Gasteiger partial charge on any atom is -0.316 e. The van der Waals surface area contributed by atoms with Crippen LogP contribution in [0.15, 0.2) is 0 Å². The lowest BCUT2D eigenvalue weighted by Gasteiger charge is -2.39. The zero-order chi connectivity index (χ0) is 14.0. The number of hydrogen-bond donors (Lipinski definition) is 1. The summed E-state index contributed by atoms with van der Waals surface area (Å²) in [5.74, 6) is 1.25. The van der Waals surface area contributed by atoms with E-state index in [-0.39, 0.29) is 0 Å². The zero-order valence-corrected chi connectivity index (χ0v) is 14.2. The summed E-state index contributed by atoms with van der Waals surface area (Å²) in [5.41, 5.74) is 0.441. The van der Waals surface area contributed by atoms with Crippen molar-refractivity contribution in [2.24, 2.45) is 5.41 Å². The molecular formula is C15H34N2S. The van der Waals surface area contributed by atoms with Gasteiger partial charge in [-0.3, -0.25) is 0 Å². The second-order valence-corrected chi connectivity index (χ2v) is 6.33. The van der Waals surface area contributed by atoms with E-state index in [4.69, 9.17) is 0 Å². The van der Waals surface area contributed by atoms with Crippen molar-refractivity contribution in [2.45, 2.75) is 53.0 Å². The van der Waals surface area contributed by atoms with E-state index in [1.54, 1.807) is 0 Å². The lowest BCUT2D eigenvalue weighted by Crippen LogP contribution is -2.46. The fraction of sp³-hybridized carbons (Fsp3) is 1.00. The van der Waals surface area contributed by atoms with E-state index in [9.17, 15) is 0 Å². The molecule has 0 amide bonds. The third kappa shape index (κ3) is 5.94. The molecule has 0 saturated heterocycles. The largest absolute Gasteiger partial charge is 0.316 e. The topological polar surface area (TPSA) is 15.3 Å². The van der Waals surface area contributed by atoms with E-state index in [0.29, 0.717) is 5.41 Å². The molecule has 0 radical (unpaired) electrons. The van der Waals surface area contributed by atoms with E-state index >= 15 is 0 Å². The van der Waals surface area contributed by atoms with E-state index in [2.05, 4.69) is 51.2 Å². The molecule has 3 heteroatoms. The molecule has 2 nitrogen and oxygen atoms in total. The minimum atomic E-state index is 0.441. The lowest BCUT2D eigenvalue weighted by molar-refractivity contribution is 0.128. The molecule has 0 aromatic rings. The monoisotopic (exact) mass is 274 g/mol. The molecule has 0 rings (SSSR count). The maximum atomic E-state index is 3.55. The molecule has 0 saturated carbocycles. The van der Waals surface area contributed by atoms with Crippen molar-refractivity contribution in [3.05, 3.63) is 0 Å². The molecule has 0 fully saturated rings. The zero-order valence-electron chi connectivity index (χ0n) is 13.4. The van der Waals surface area contributed by atoms with Crippen LogP contribution < -0.4 is 5.32 Å². The van der Waals surface area contributed by atoms with Crippen LogP contribution in [-0.4, -0.2) is 49.6 Å². The molecule has 1 N–H and O–H groups in total. The number of nitrogens with zero attached hydrogens (tertiary/aromatic N) is 1. The van der Waals surface area contributed by atoms with Crippen LogP contribution in [0.1, 0.15) is 47.0 Å². The molecule has 1 atom stereocenters. The van der Waals surface area contributed by atoms with Gasteiger partial charge in [0.1, 0.15) is 0 Å². The van der Waals surface area contributed by atoms with E-state index in [0.717, 1.165) is 19.1 Å². The Morgan fingerprint density at radius 1 is 1.17 bits per heavy atom. The van der Waals surface area contributed by atoms with Crippen molar-refractivity contribution in [3.63, 3.8) is 0 Å². The van der Waals surface area contributed by atoms with Crippen LogP contribution in [0.4, 0.5) is 0 Å². The van der Waals surface area contributed by atoms with Crippen LogP contribution in [0, 0.1) is 5.41 Å². The first kappa shape index (κ1) is 18.3. The highest BCUT2D eigenvalue weighted by Gasteiger charge is 2.29. The quantitative estimate of drug-likeness (QED) is 0.621. The van der Waals surface area contributed by atoms with Crippen LogP contribution in [0.5, 0.6) is 0 Å². The maximum Gasteiger partial charge on any atom is 0.0180 e. The first-order valence-corrected chi connectivity index (χ1v) is 8.88. The van der Waals surface area contributed by atoms with E-state index < -0.39 is 0 Å². The highest BCUT2D eigenvalue weighted by atomic mass is 32.2. The molecule has 0 aromatic heterocycles. The van der Waals surface area contributed by atoms with Gasteiger partial charge in [0.05, 0.1) is 0 Å². The molecule has 0 aliphatic heterocycles. The van der Waals surface area contributed by atoms with Gasteiger partial charge in [0.2, 0.25) is 0 Å². The predicted octanol–water partition coefficient (Wildman–Crippen LogP) is 3.48. The SMILES string of the molecule is CCNCC(CC)(CC)CN(C)C(CC)CSC. The van der Waals surface area contributed by atoms with Crippen LogP contribution >= 0.6 is 11.8 Å². The number of hydrogen-bond acceptors (Lipinski definition) is 3. The van der Waals surface area contributed by atoms with Gasteiger partial charge < -0.3 is 10.2 Å². The van der Waals surface area contributed by atoms with Gasteiger partial charge in [0, 0.05) is 24.9 Å². The van der Waals surface area contributed by atoms with Crippen molar-refractivity contribution >= 4 is 11.8 Å². The summed E-state index contributed by atoms with van der Waals surface area (Å²) in [4.78, 5) is 2.58. The fourth-order valence-corrected chi connectivity index (χ4v) is 3.45. The molecule has 1 unspecified atom stereocenters. The van der Waals surface area contributed by atoms with Crippen molar-refractivity contribution in [2.75, 3.05) is 38.7 Å². The van der Waals surface area contributed by atoms with E-state index in [1.165, 1.54) is 31.6 Å². The average Bonchev–Trinajstić information content (AvgIpc) is 2.40. The van der Waals surface area contributed by atoms with Gasteiger partial charge in [0.15, 0.2) is 0 Å². The molecule has 0 spiro atoms. The van der Waals surface area contributed by atoms with Crippen LogP contribution in [0.2, 0.25) is 0 Å². The highest BCUT2D eigenvalue weighted by Crippen LogP contribution is 2.28. The van der Waals surface area contributed by atoms with Crippen LogP contribution in [0.25, 0.3) is 0 Å². The third-order valence-corrected chi connectivity index (χ3v) is 5.01. The van der Waals surface area contributed by atoms with Gasteiger partial charge in [-0.2, -0.15) is 11.8 Å². The van der Waals surface area contributed by atoms with Gasteiger partial charge in [-0.15, -0.1) is 0 Å². The third-order valence-electron chi connectivity index (χ3n) is 4.29. The molecular weight excluding hydrogens is 240 g/mol. The second kappa shape index (κ2) is 10.1. The highest BCUT2D eigenvalue weighted by molar-refractivity contribution is 7.98. The Hall–Kier alpha value is 0.270. The van der Waals surface area contributed by atoms with Gasteiger partial charge >= 0.3 is 0 Å². The summed E-state index contributed by atoms with van der Waals surface area (Å²) in [7, 11) is 2.30. The van der Waals surface area contributed by atoms with Gasteiger partial charge in [-0.25, -0.2) is 0 Å². The Morgan fingerprint density at radius 2 is 1.78 bits per heavy atom. The molecule has 0 heterocycles. The first-order chi connectivity index (χ1) is 8.59. The Labute approximate surface area is 119 Å². The summed E-state index contributed by atoms with van der Waals surface area (Å²) in [6.45, 7) is 12.6. The van der Waals surface area contributed by atoms with Crippen LogP contribution in [-0.2, 0) is 0 Å². The Morgan fingerprint density at radius 3 is 2.17 bits per heavy atom. The first-order valence-electron chi connectivity index (χ1n) is 7.48. The van der Waals surface area contributed by atoms with Crippen LogP contribution in [0.3, 0.4) is 0 Å². The van der Waals surface area contributed by atoms with Gasteiger partial charge in [-0.05, 0) is 44.5 Å². The Bertz CT molecular complexity index is 193. The van der Waals surface area contributed by atoms with Crippen molar-refractivity contribution in [3.8, 4) is 0 Å². The fourth-order valence-electron chi connectivity index (χ4n) is 2.58. The standard InChI is InChI=1S/C15H34N2S/c1-7-14(11-18-6)17(5)13-15(8-2,9-3)12-16-10-4/h14,16H,7-13H2,1-6H3. The minimum absolute atomic E-state index is 0.441. The van der Waals surface area contributed by atoms with E-state index in [1.807, 2.05) is 11.8 Å². The molecule has 0 aromatic carbocycles. The summed E-state index contributed by atoms with van der Waals surface area (Å²) < 4.78 is 0. The number of thioether (sulfide) groups is 1. The second-order valence-electron chi connectivity index (χ2n) is 5.42. The summed E-state index contributed by atoms with van der Waals surface area (Å²) in [6.07, 6.45) is 5.98. The van der Waals surface area contributed by atoms with Gasteiger partial charge in [0.25, 0.3) is 0 Å². The predicted molar refractivity (Wildman–Crippen MR) is 86.6 cm³/mol. The molecule has 18 heavy (non-hydrogen) atoms. The normalized spacial score (nSPS) is 14.2. The summed E-state index contributed by atoms with van der Waals surface area (Å²) in [6, 6.07) is 0.721. The average molecular weight is 275 g/mol. The lowest BCUT2D eigenvalue weighted by atomic mass is 9.81. The number of rotatable bonds is 11. The smallest absolute Gasteiger partial charge is 0.0180 e. The molecule has 0 aliphatic carbocycles.